The Kier molecular flexibility index (Phi) is 9.94. The molecular weight excluding hydrogens is 528 g/mol. The van der Waals surface area contributed by atoms with E-state index in [2.05, 4.69) is 10.6 Å². The van der Waals surface area contributed by atoms with Crippen molar-refractivity contribution in [1.82, 2.24) is 0 Å². The summed E-state index contributed by atoms with van der Waals surface area (Å²) in [6.45, 7) is 3.94. The molecule has 3 aromatic carbocycles. The number of rotatable bonds is 11. The van der Waals surface area contributed by atoms with Crippen LogP contribution in [-0.2, 0) is 20.7 Å². The van der Waals surface area contributed by atoms with Gasteiger partial charge in [-0.3, -0.25) is 9.59 Å². The van der Waals surface area contributed by atoms with E-state index in [1.165, 1.54) is 23.1 Å². The molecule has 1 atom stereocenters. The SMILES string of the molecule is CCOC(=O)c1c(-c2ccccc2)csc1NC(=O)C(CC)Sc1cccc(NC(=O)Cc2ccccc2)c1. The van der Waals surface area contributed by atoms with Gasteiger partial charge in [-0.2, -0.15) is 0 Å². The smallest absolute Gasteiger partial charge is 0.341 e. The maximum atomic E-state index is 13.3. The molecule has 8 heteroatoms. The topological polar surface area (TPSA) is 84.5 Å². The molecular formula is C31H30N2O4S2. The van der Waals surface area contributed by atoms with Gasteiger partial charge in [0.1, 0.15) is 10.6 Å². The van der Waals surface area contributed by atoms with Crippen molar-refractivity contribution in [1.29, 1.82) is 0 Å². The van der Waals surface area contributed by atoms with Crippen LogP contribution >= 0.6 is 23.1 Å². The molecule has 6 nitrogen and oxygen atoms in total. The fourth-order valence-electron chi connectivity index (χ4n) is 4.00. The van der Waals surface area contributed by atoms with Crippen molar-refractivity contribution in [3.8, 4) is 11.1 Å². The molecule has 1 heterocycles. The van der Waals surface area contributed by atoms with Crippen LogP contribution in [-0.4, -0.2) is 29.6 Å². The lowest BCUT2D eigenvalue weighted by Crippen LogP contribution is -2.25. The molecule has 0 aliphatic carbocycles. The Morgan fingerprint density at radius 3 is 2.31 bits per heavy atom. The summed E-state index contributed by atoms with van der Waals surface area (Å²) in [5.74, 6) is -0.771. The molecule has 4 aromatic rings. The highest BCUT2D eigenvalue weighted by atomic mass is 32.2. The molecule has 0 saturated heterocycles. The van der Waals surface area contributed by atoms with Crippen molar-refractivity contribution < 1.29 is 19.1 Å². The highest BCUT2D eigenvalue weighted by Crippen LogP contribution is 2.37. The standard InChI is InChI=1S/C31H30N2O4S2/c1-3-26(39-24-17-11-16-23(19-24)32-27(34)18-21-12-7-5-8-13-21)29(35)33-30-28(31(36)37-4-2)25(20-38-30)22-14-9-6-10-15-22/h5-17,19-20,26H,3-4,18H2,1-2H3,(H,32,34)(H,33,35). The van der Waals surface area contributed by atoms with E-state index in [-0.39, 0.29) is 24.8 Å². The van der Waals surface area contributed by atoms with Crippen LogP contribution in [0.5, 0.6) is 0 Å². The van der Waals surface area contributed by atoms with Crippen LogP contribution in [0.25, 0.3) is 11.1 Å². The highest BCUT2D eigenvalue weighted by Gasteiger charge is 2.25. The molecule has 0 aliphatic rings. The van der Waals surface area contributed by atoms with Gasteiger partial charge in [0.05, 0.1) is 18.3 Å². The van der Waals surface area contributed by atoms with Crippen molar-refractivity contribution in [2.75, 3.05) is 17.2 Å². The summed E-state index contributed by atoms with van der Waals surface area (Å²) in [5, 5.41) is 7.85. The van der Waals surface area contributed by atoms with Gasteiger partial charge in [0.2, 0.25) is 11.8 Å². The van der Waals surface area contributed by atoms with Gasteiger partial charge in [0.25, 0.3) is 0 Å². The molecule has 0 bridgehead atoms. The molecule has 0 radical (unpaired) electrons. The number of carbonyl (C=O) groups excluding carboxylic acids is 3. The van der Waals surface area contributed by atoms with Crippen LogP contribution in [0.4, 0.5) is 10.7 Å². The van der Waals surface area contributed by atoms with Crippen LogP contribution in [0.15, 0.2) is 95.2 Å². The maximum Gasteiger partial charge on any atom is 0.341 e. The number of hydrogen-bond donors (Lipinski definition) is 2. The second-order valence-corrected chi connectivity index (χ2v) is 10.8. The Morgan fingerprint density at radius 2 is 1.62 bits per heavy atom. The largest absolute Gasteiger partial charge is 0.462 e. The number of thioether (sulfide) groups is 1. The fraction of sp³-hybridized carbons (Fsp3) is 0.194. The quantitative estimate of drug-likeness (QED) is 0.149. The molecule has 1 unspecified atom stereocenters. The summed E-state index contributed by atoms with van der Waals surface area (Å²) >= 11 is 2.72. The lowest BCUT2D eigenvalue weighted by molar-refractivity contribution is -0.116. The number of nitrogens with one attached hydrogen (secondary N) is 2. The number of esters is 1. The Labute approximate surface area is 236 Å². The summed E-state index contributed by atoms with van der Waals surface area (Å²) < 4.78 is 5.31. The van der Waals surface area contributed by atoms with Gasteiger partial charge >= 0.3 is 5.97 Å². The normalized spacial score (nSPS) is 11.4. The van der Waals surface area contributed by atoms with E-state index < -0.39 is 11.2 Å². The first kappa shape index (κ1) is 28.1. The van der Waals surface area contributed by atoms with Gasteiger partial charge in [0, 0.05) is 21.5 Å². The monoisotopic (exact) mass is 558 g/mol. The molecule has 1 aromatic heterocycles. The molecule has 2 N–H and O–H groups in total. The van der Waals surface area contributed by atoms with E-state index in [1.807, 2.05) is 97.2 Å². The van der Waals surface area contributed by atoms with E-state index in [9.17, 15) is 14.4 Å². The molecule has 4 rings (SSSR count). The minimum atomic E-state index is -0.465. The number of amides is 2. The second kappa shape index (κ2) is 13.8. The van der Waals surface area contributed by atoms with Gasteiger partial charge in [-0.1, -0.05) is 73.7 Å². The van der Waals surface area contributed by atoms with Gasteiger partial charge in [0.15, 0.2) is 0 Å². The molecule has 200 valence electrons. The average Bonchev–Trinajstić information content (AvgIpc) is 3.36. The Hall–Kier alpha value is -3.88. The Bertz CT molecular complexity index is 1420. The highest BCUT2D eigenvalue weighted by molar-refractivity contribution is 8.00. The van der Waals surface area contributed by atoms with Crippen molar-refractivity contribution in [2.45, 2.75) is 36.8 Å². The van der Waals surface area contributed by atoms with E-state index in [0.29, 0.717) is 22.7 Å². The van der Waals surface area contributed by atoms with Crippen LogP contribution in [0.1, 0.15) is 36.2 Å². The zero-order valence-corrected chi connectivity index (χ0v) is 23.4. The van der Waals surface area contributed by atoms with Crippen molar-refractivity contribution >= 4 is 51.6 Å². The second-order valence-electron chi connectivity index (χ2n) is 8.68. The predicted octanol–water partition coefficient (Wildman–Crippen LogP) is 7.28. The summed E-state index contributed by atoms with van der Waals surface area (Å²) in [6, 6.07) is 26.6. The van der Waals surface area contributed by atoms with Gasteiger partial charge in [-0.15, -0.1) is 23.1 Å². The molecule has 0 saturated carbocycles. The summed E-state index contributed by atoms with van der Waals surface area (Å²) in [5.41, 5.74) is 3.59. The van der Waals surface area contributed by atoms with Crippen LogP contribution in [0.2, 0.25) is 0 Å². The number of hydrogen-bond acceptors (Lipinski definition) is 6. The third kappa shape index (κ3) is 7.59. The minimum Gasteiger partial charge on any atom is -0.462 e. The van der Waals surface area contributed by atoms with E-state index in [4.69, 9.17) is 4.74 Å². The number of ether oxygens (including phenoxy) is 1. The predicted molar refractivity (Wildman–Crippen MR) is 159 cm³/mol. The Morgan fingerprint density at radius 1 is 0.897 bits per heavy atom. The number of anilines is 2. The number of carbonyl (C=O) groups is 3. The van der Waals surface area contributed by atoms with Crippen molar-refractivity contribution in [3.63, 3.8) is 0 Å². The molecule has 39 heavy (non-hydrogen) atoms. The summed E-state index contributed by atoms with van der Waals surface area (Å²) in [7, 11) is 0. The lowest BCUT2D eigenvalue weighted by Gasteiger charge is -2.16. The number of benzene rings is 3. The molecule has 0 fully saturated rings. The number of thiophene rings is 1. The third-order valence-corrected chi connectivity index (χ3v) is 8.11. The Balaban J connectivity index is 1.46. The van der Waals surface area contributed by atoms with Crippen molar-refractivity contribution in [3.05, 3.63) is 101 Å². The van der Waals surface area contributed by atoms with Crippen LogP contribution in [0, 0.1) is 0 Å². The first-order valence-electron chi connectivity index (χ1n) is 12.7. The third-order valence-electron chi connectivity index (χ3n) is 5.86. The van der Waals surface area contributed by atoms with E-state index in [1.54, 1.807) is 6.92 Å². The van der Waals surface area contributed by atoms with Gasteiger partial charge < -0.3 is 15.4 Å². The van der Waals surface area contributed by atoms with Crippen LogP contribution < -0.4 is 10.6 Å². The fourth-order valence-corrected chi connectivity index (χ4v) is 5.97. The van der Waals surface area contributed by atoms with E-state index >= 15 is 0 Å². The van der Waals surface area contributed by atoms with Crippen molar-refractivity contribution in [2.24, 2.45) is 0 Å². The zero-order valence-electron chi connectivity index (χ0n) is 21.8. The first-order valence-corrected chi connectivity index (χ1v) is 14.5. The maximum absolute atomic E-state index is 13.3. The average molecular weight is 559 g/mol. The summed E-state index contributed by atoms with van der Waals surface area (Å²) in [6.07, 6.45) is 0.861. The van der Waals surface area contributed by atoms with Crippen LogP contribution in [0.3, 0.4) is 0 Å². The minimum absolute atomic E-state index is 0.105. The first-order chi connectivity index (χ1) is 19.0. The van der Waals surface area contributed by atoms with Gasteiger partial charge in [-0.05, 0) is 42.7 Å². The molecule has 0 spiro atoms. The van der Waals surface area contributed by atoms with E-state index in [0.717, 1.165) is 21.6 Å². The zero-order chi connectivity index (χ0) is 27.6. The van der Waals surface area contributed by atoms with Gasteiger partial charge in [-0.25, -0.2) is 4.79 Å². The summed E-state index contributed by atoms with van der Waals surface area (Å²) in [4.78, 5) is 39.6. The molecule has 0 aliphatic heterocycles. The lowest BCUT2D eigenvalue weighted by atomic mass is 10.0. The molecule has 2 amide bonds.